The molecule has 1 unspecified atom stereocenters. The van der Waals surface area contributed by atoms with Crippen molar-refractivity contribution in [3.05, 3.63) is 23.8 Å². The van der Waals surface area contributed by atoms with Crippen molar-refractivity contribution in [2.24, 2.45) is 0 Å². The van der Waals surface area contributed by atoms with Crippen LogP contribution in [0.2, 0.25) is 0 Å². The summed E-state index contributed by atoms with van der Waals surface area (Å²) in [4.78, 5) is 11.4. The zero-order valence-corrected chi connectivity index (χ0v) is 10.2. The summed E-state index contributed by atoms with van der Waals surface area (Å²) >= 11 is 0. The van der Waals surface area contributed by atoms with Crippen molar-refractivity contribution in [1.82, 2.24) is 5.32 Å². The van der Waals surface area contributed by atoms with Gasteiger partial charge in [-0.1, -0.05) is 12.1 Å². The molecule has 0 radical (unpaired) electrons. The third-order valence-electron chi connectivity index (χ3n) is 2.36. The highest BCUT2D eigenvalue weighted by Gasteiger charge is 2.17. The van der Waals surface area contributed by atoms with Gasteiger partial charge < -0.3 is 19.9 Å². The third-order valence-corrected chi connectivity index (χ3v) is 2.36. The number of amides is 1. The third kappa shape index (κ3) is 3.10. The van der Waals surface area contributed by atoms with Crippen molar-refractivity contribution < 1.29 is 19.4 Å². The van der Waals surface area contributed by atoms with E-state index in [0.717, 1.165) is 0 Å². The van der Waals surface area contributed by atoms with E-state index in [4.69, 9.17) is 9.47 Å². The highest BCUT2D eigenvalue weighted by Crippen LogP contribution is 2.31. The number of hydrogen-bond donors (Lipinski definition) is 2. The van der Waals surface area contributed by atoms with E-state index in [-0.39, 0.29) is 12.5 Å². The number of para-hydroxylation sites is 1. The number of likely N-dealkylation sites (N-methyl/N-ethyl adjacent to an activating group) is 1. The predicted octanol–water partition coefficient (Wildman–Crippen LogP) is 0.701. The van der Waals surface area contributed by atoms with Crippen LogP contribution in [0.1, 0.15) is 12.5 Å². The van der Waals surface area contributed by atoms with E-state index in [2.05, 4.69) is 5.32 Å². The monoisotopic (exact) mass is 239 g/mol. The molecule has 17 heavy (non-hydrogen) atoms. The predicted molar refractivity (Wildman–Crippen MR) is 63.1 cm³/mol. The van der Waals surface area contributed by atoms with Crippen LogP contribution in [0.25, 0.3) is 0 Å². The Balaban J connectivity index is 2.99. The van der Waals surface area contributed by atoms with Gasteiger partial charge in [-0.3, -0.25) is 4.79 Å². The average molecular weight is 239 g/mol. The first-order chi connectivity index (χ1) is 8.13. The average Bonchev–Trinajstić information content (AvgIpc) is 2.37. The van der Waals surface area contributed by atoms with Crippen LogP contribution in [-0.4, -0.2) is 31.3 Å². The Bertz CT molecular complexity index is 370. The summed E-state index contributed by atoms with van der Waals surface area (Å²) in [6, 6.07) is 5.18. The fourth-order valence-electron chi connectivity index (χ4n) is 1.41. The minimum Gasteiger partial charge on any atom is -0.493 e. The molecule has 0 fully saturated rings. The minimum absolute atomic E-state index is 0.174. The number of methoxy groups -OCH3 is 1. The zero-order valence-electron chi connectivity index (χ0n) is 10.2. The van der Waals surface area contributed by atoms with E-state index in [1.165, 1.54) is 14.2 Å². The summed E-state index contributed by atoms with van der Waals surface area (Å²) < 4.78 is 10.6. The lowest BCUT2D eigenvalue weighted by atomic mass is 10.2. The Morgan fingerprint density at radius 2 is 2.24 bits per heavy atom. The van der Waals surface area contributed by atoms with Crippen molar-refractivity contribution in [1.29, 1.82) is 0 Å². The molecule has 0 aromatic heterocycles. The topological polar surface area (TPSA) is 67.8 Å². The fourth-order valence-corrected chi connectivity index (χ4v) is 1.41. The van der Waals surface area contributed by atoms with Gasteiger partial charge >= 0.3 is 0 Å². The first-order valence-corrected chi connectivity index (χ1v) is 5.29. The van der Waals surface area contributed by atoms with Crippen molar-refractivity contribution in [3.63, 3.8) is 0 Å². The number of hydrogen-bond acceptors (Lipinski definition) is 4. The number of carbonyl (C=O) groups is 1. The molecule has 0 heterocycles. The Kier molecular flexibility index (Phi) is 4.78. The van der Waals surface area contributed by atoms with Gasteiger partial charge in [0.25, 0.3) is 5.91 Å². The second kappa shape index (κ2) is 6.10. The zero-order chi connectivity index (χ0) is 12.8. The maximum atomic E-state index is 11.4. The maximum Gasteiger partial charge on any atom is 0.260 e. The molecule has 0 saturated heterocycles. The van der Waals surface area contributed by atoms with Crippen molar-refractivity contribution in [3.8, 4) is 11.5 Å². The molecule has 0 spiro atoms. The molecular weight excluding hydrogens is 222 g/mol. The molecule has 1 aromatic carbocycles. The van der Waals surface area contributed by atoms with Gasteiger partial charge in [-0.25, -0.2) is 0 Å². The molecular formula is C12H17NO4. The normalized spacial score (nSPS) is 11.8. The Morgan fingerprint density at radius 1 is 1.53 bits per heavy atom. The summed E-state index contributed by atoms with van der Waals surface area (Å²) in [7, 11) is 3.05. The van der Waals surface area contributed by atoms with Gasteiger partial charge in [0.1, 0.15) is 0 Å². The summed E-state index contributed by atoms with van der Waals surface area (Å²) in [5.74, 6) is 0.653. The van der Waals surface area contributed by atoms with Crippen LogP contribution in [0.15, 0.2) is 18.2 Å². The van der Waals surface area contributed by atoms with Gasteiger partial charge in [0.05, 0.1) is 13.7 Å². The standard InChI is InChI=1S/C12H17NO4/c1-8(12(15)13-2)17-11-9(7-14)5-4-6-10(11)16-3/h4-6,8,14H,7H2,1-3H3,(H,13,15). The summed E-state index contributed by atoms with van der Waals surface area (Å²) in [6.45, 7) is 1.46. The number of benzene rings is 1. The number of ether oxygens (including phenoxy) is 2. The summed E-state index contributed by atoms with van der Waals surface area (Å²) in [5.41, 5.74) is 0.583. The van der Waals surface area contributed by atoms with Gasteiger partial charge in [0, 0.05) is 12.6 Å². The molecule has 5 heteroatoms. The van der Waals surface area contributed by atoms with Crippen molar-refractivity contribution in [2.75, 3.05) is 14.2 Å². The van der Waals surface area contributed by atoms with E-state index in [9.17, 15) is 9.90 Å². The van der Waals surface area contributed by atoms with Gasteiger partial charge in [-0.2, -0.15) is 0 Å². The van der Waals surface area contributed by atoms with Crippen LogP contribution in [0.3, 0.4) is 0 Å². The number of rotatable bonds is 5. The molecule has 0 aliphatic rings. The van der Waals surface area contributed by atoms with E-state index in [1.54, 1.807) is 25.1 Å². The quantitative estimate of drug-likeness (QED) is 0.793. The van der Waals surface area contributed by atoms with Crippen LogP contribution in [-0.2, 0) is 11.4 Å². The first-order valence-electron chi connectivity index (χ1n) is 5.29. The van der Waals surface area contributed by atoms with Crippen LogP contribution >= 0.6 is 0 Å². The number of aliphatic hydroxyl groups excluding tert-OH is 1. The molecule has 1 amide bonds. The van der Waals surface area contributed by atoms with Gasteiger partial charge in [-0.05, 0) is 13.0 Å². The summed E-state index contributed by atoms with van der Waals surface area (Å²) in [5, 5.41) is 11.7. The summed E-state index contributed by atoms with van der Waals surface area (Å²) in [6.07, 6.45) is -0.651. The second-order valence-corrected chi connectivity index (χ2v) is 3.48. The molecule has 0 aliphatic carbocycles. The molecule has 94 valence electrons. The molecule has 1 rings (SSSR count). The van der Waals surface area contributed by atoms with Crippen molar-refractivity contribution >= 4 is 5.91 Å². The van der Waals surface area contributed by atoms with E-state index in [0.29, 0.717) is 17.1 Å². The molecule has 1 aromatic rings. The smallest absolute Gasteiger partial charge is 0.260 e. The Labute approximate surface area is 100 Å². The Morgan fingerprint density at radius 3 is 2.76 bits per heavy atom. The minimum atomic E-state index is -0.651. The van der Waals surface area contributed by atoms with E-state index >= 15 is 0 Å². The molecule has 2 N–H and O–H groups in total. The van der Waals surface area contributed by atoms with Crippen LogP contribution < -0.4 is 14.8 Å². The molecule has 0 bridgehead atoms. The Hall–Kier alpha value is -1.75. The number of nitrogens with one attached hydrogen (secondary N) is 1. The first kappa shape index (κ1) is 13.3. The molecule has 0 aliphatic heterocycles. The van der Waals surface area contributed by atoms with Crippen LogP contribution in [0.5, 0.6) is 11.5 Å². The molecule has 5 nitrogen and oxygen atoms in total. The van der Waals surface area contributed by atoms with E-state index < -0.39 is 6.10 Å². The lowest BCUT2D eigenvalue weighted by Gasteiger charge is -2.18. The van der Waals surface area contributed by atoms with E-state index in [1.807, 2.05) is 0 Å². The van der Waals surface area contributed by atoms with Crippen LogP contribution in [0, 0.1) is 0 Å². The number of carbonyl (C=O) groups excluding carboxylic acids is 1. The maximum absolute atomic E-state index is 11.4. The lowest BCUT2D eigenvalue weighted by Crippen LogP contribution is -2.34. The SMILES string of the molecule is CNC(=O)C(C)Oc1c(CO)cccc1OC. The number of aliphatic hydroxyl groups is 1. The van der Waals surface area contributed by atoms with Crippen LogP contribution in [0.4, 0.5) is 0 Å². The van der Waals surface area contributed by atoms with Gasteiger partial charge in [0.15, 0.2) is 17.6 Å². The largest absolute Gasteiger partial charge is 0.493 e. The van der Waals surface area contributed by atoms with Crippen molar-refractivity contribution in [2.45, 2.75) is 19.6 Å². The molecule has 0 saturated carbocycles. The fraction of sp³-hybridized carbons (Fsp3) is 0.417. The van der Waals surface area contributed by atoms with Gasteiger partial charge in [0.2, 0.25) is 0 Å². The lowest BCUT2D eigenvalue weighted by molar-refractivity contribution is -0.126. The van der Waals surface area contributed by atoms with Gasteiger partial charge in [-0.15, -0.1) is 0 Å². The molecule has 1 atom stereocenters. The second-order valence-electron chi connectivity index (χ2n) is 3.48. The highest BCUT2D eigenvalue weighted by atomic mass is 16.5. The highest BCUT2D eigenvalue weighted by molar-refractivity contribution is 5.80.